The summed E-state index contributed by atoms with van der Waals surface area (Å²) in [6.45, 7) is 33.8. The van der Waals surface area contributed by atoms with Crippen molar-refractivity contribution in [3.8, 4) is 0 Å². The summed E-state index contributed by atoms with van der Waals surface area (Å²) in [4.78, 5) is 14.5. The predicted octanol–water partition coefficient (Wildman–Crippen LogP) is 10.6. The van der Waals surface area contributed by atoms with Crippen LogP contribution in [0.25, 0.3) is 45.9 Å². The van der Waals surface area contributed by atoms with E-state index < -0.39 is 0 Å². The van der Waals surface area contributed by atoms with E-state index in [-0.39, 0.29) is 0 Å². The summed E-state index contributed by atoms with van der Waals surface area (Å²) in [5.74, 6) is 0. The Hall–Kier alpha value is -5.48. The van der Waals surface area contributed by atoms with Gasteiger partial charge in [-0.3, -0.25) is 0 Å². The summed E-state index contributed by atoms with van der Waals surface area (Å²) in [6.07, 6.45) is 26.7. The number of nitrogens with zero attached hydrogens (tertiary/aromatic N) is 3. The van der Waals surface area contributed by atoms with Crippen LogP contribution in [0.3, 0.4) is 0 Å². The monoisotopic (exact) mass is 630 g/mol. The summed E-state index contributed by atoms with van der Waals surface area (Å²) >= 11 is 0. The minimum atomic E-state index is 0.594. The molecular weight excluding hydrogens is 585 g/mol. The quantitative estimate of drug-likeness (QED) is 0.125. The fraction of sp³-hybridized carbons (Fsp3) is 0.182. The van der Waals surface area contributed by atoms with E-state index in [1.165, 1.54) is 11.1 Å². The molecule has 0 fully saturated rings. The lowest BCUT2D eigenvalue weighted by Gasteiger charge is -2.13. The lowest BCUT2D eigenvalue weighted by Crippen LogP contribution is -2.03. The van der Waals surface area contributed by atoms with Crippen molar-refractivity contribution >= 4 is 45.9 Å². The maximum atomic E-state index is 5.45. The molecule has 0 radical (unpaired) electrons. The van der Waals surface area contributed by atoms with E-state index in [1.54, 1.807) is 0 Å². The number of nitrogens with one attached hydrogen (secondary N) is 1. The first-order valence-corrected chi connectivity index (χ1v) is 16.6. The zero-order chi connectivity index (χ0) is 34.2. The molecule has 0 unspecified atom stereocenters. The Labute approximate surface area is 285 Å². The molecule has 0 saturated carbocycles. The van der Waals surface area contributed by atoms with Gasteiger partial charge < -0.3 is 9.55 Å². The van der Waals surface area contributed by atoms with E-state index in [1.807, 2.05) is 48.6 Å². The molecule has 0 atom stereocenters. The minimum Gasteiger partial charge on any atom is -0.355 e. The van der Waals surface area contributed by atoms with Crippen molar-refractivity contribution in [2.45, 2.75) is 51.5 Å². The van der Waals surface area contributed by atoms with Crippen LogP contribution in [0.15, 0.2) is 113 Å². The summed E-state index contributed by atoms with van der Waals surface area (Å²) in [5.41, 5.74) is 15.8. The lowest BCUT2D eigenvalue weighted by molar-refractivity contribution is 0.881. The number of allylic oxidation sites excluding steroid dienone is 9. The van der Waals surface area contributed by atoms with Crippen LogP contribution in [0.5, 0.6) is 0 Å². The van der Waals surface area contributed by atoms with E-state index >= 15 is 0 Å². The van der Waals surface area contributed by atoms with E-state index in [0.29, 0.717) is 51.5 Å². The Morgan fingerprint density at radius 3 is 1.50 bits per heavy atom. The molecule has 4 nitrogen and oxygen atoms in total. The highest BCUT2D eigenvalue weighted by molar-refractivity contribution is 5.91. The maximum absolute atomic E-state index is 5.45. The lowest BCUT2D eigenvalue weighted by atomic mass is 9.96. The van der Waals surface area contributed by atoms with Gasteiger partial charge in [0.05, 0.1) is 33.8 Å². The topological polar surface area (TPSA) is 46.5 Å². The molecule has 5 rings (SSSR count). The molecule has 48 heavy (non-hydrogen) atoms. The van der Waals surface area contributed by atoms with Crippen molar-refractivity contribution in [2.75, 3.05) is 0 Å². The van der Waals surface area contributed by atoms with Gasteiger partial charge in [-0.1, -0.05) is 48.6 Å². The normalized spacial score (nSPS) is 11.9. The van der Waals surface area contributed by atoms with Gasteiger partial charge in [-0.15, -0.1) is 52.6 Å². The number of fused-ring (bicyclic) bond motifs is 8. The van der Waals surface area contributed by atoms with Crippen molar-refractivity contribution < 1.29 is 0 Å². The van der Waals surface area contributed by atoms with Crippen LogP contribution in [-0.4, -0.2) is 19.5 Å². The van der Waals surface area contributed by atoms with Gasteiger partial charge in [-0.05, 0) is 92.0 Å². The fourth-order valence-electron chi connectivity index (χ4n) is 6.99. The molecule has 0 aliphatic carbocycles. The highest BCUT2D eigenvalue weighted by Crippen LogP contribution is 2.38. The van der Waals surface area contributed by atoms with Crippen molar-refractivity contribution in [3.05, 3.63) is 170 Å². The molecule has 5 heterocycles. The van der Waals surface area contributed by atoms with Crippen LogP contribution >= 0.6 is 0 Å². The minimum absolute atomic E-state index is 0.594. The summed E-state index contributed by atoms with van der Waals surface area (Å²) in [7, 11) is 0. The van der Waals surface area contributed by atoms with Crippen LogP contribution in [-0.2, 0) is 45.1 Å². The second-order valence-electron chi connectivity index (χ2n) is 11.9. The predicted molar refractivity (Wildman–Crippen MR) is 210 cm³/mol. The average molecular weight is 631 g/mol. The molecule has 3 aromatic heterocycles. The summed E-state index contributed by atoms with van der Waals surface area (Å²) in [5, 5.41) is 0. The maximum Gasteiger partial charge on any atom is 0.0729 e. The molecule has 8 bridgehead atoms. The first kappa shape index (κ1) is 33.9. The van der Waals surface area contributed by atoms with Crippen LogP contribution in [0.4, 0.5) is 0 Å². The number of rotatable bonds is 16. The first-order chi connectivity index (χ1) is 23.5. The van der Waals surface area contributed by atoms with Gasteiger partial charge in [-0.25, -0.2) is 9.97 Å². The molecule has 0 aromatic carbocycles. The van der Waals surface area contributed by atoms with Gasteiger partial charge in [0.15, 0.2) is 0 Å². The molecule has 1 N–H and O–H groups in total. The van der Waals surface area contributed by atoms with Gasteiger partial charge in [0.1, 0.15) is 0 Å². The van der Waals surface area contributed by atoms with Crippen molar-refractivity contribution in [3.63, 3.8) is 0 Å². The largest absolute Gasteiger partial charge is 0.355 e. The van der Waals surface area contributed by atoms with Gasteiger partial charge in [-0.2, -0.15) is 0 Å². The van der Waals surface area contributed by atoms with Crippen molar-refractivity contribution in [1.29, 1.82) is 0 Å². The Kier molecular flexibility index (Phi) is 10.9. The smallest absolute Gasteiger partial charge is 0.0729 e. The number of H-pyrrole nitrogens is 1. The number of hydrogen-bond donors (Lipinski definition) is 1. The third-order valence-corrected chi connectivity index (χ3v) is 8.85. The molecule has 242 valence electrons. The number of hydrogen-bond acceptors (Lipinski definition) is 2. The van der Waals surface area contributed by atoms with Gasteiger partial charge in [0, 0.05) is 39.8 Å². The van der Waals surface area contributed by atoms with Crippen molar-refractivity contribution in [1.82, 2.24) is 19.5 Å². The van der Waals surface area contributed by atoms with E-state index in [4.69, 9.17) is 9.97 Å². The van der Waals surface area contributed by atoms with E-state index in [0.717, 1.165) is 72.7 Å². The van der Waals surface area contributed by atoms with Gasteiger partial charge in [0.2, 0.25) is 0 Å². The molecule has 2 aliphatic heterocycles. The van der Waals surface area contributed by atoms with E-state index in [9.17, 15) is 0 Å². The van der Waals surface area contributed by atoms with Crippen LogP contribution in [0.1, 0.15) is 62.6 Å². The van der Waals surface area contributed by atoms with Crippen LogP contribution < -0.4 is 0 Å². The zero-order valence-corrected chi connectivity index (χ0v) is 28.2. The summed E-state index contributed by atoms with van der Waals surface area (Å²) in [6, 6.07) is 4.27. The zero-order valence-electron chi connectivity index (χ0n) is 28.2. The Bertz CT molecular complexity index is 2070. The van der Waals surface area contributed by atoms with E-state index in [2.05, 4.69) is 92.5 Å². The Morgan fingerprint density at radius 1 is 0.500 bits per heavy atom. The second-order valence-corrected chi connectivity index (χ2v) is 11.9. The molecular formula is C44H46N4. The van der Waals surface area contributed by atoms with Crippen LogP contribution in [0.2, 0.25) is 0 Å². The molecule has 2 aliphatic rings. The number of aromatic amines is 1. The average Bonchev–Trinajstić information content (AvgIpc) is 3.88. The molecule has 4 heteroatoms. The highest BCUT2D eigenvalue weighted by Gasteiger charge is 2.25. The molecule has 3 aromatic rings. The van der Waals surface area contributed by atoms with Gasteiger partial charge >= 0.3 is 0 Å². The third kappa shape index (κ3) is 6.26. The Morgan fingerprint density at radius 2 is 0.958 bits per heavy atom. The SMILES string of the molecule is C=CCC1=Cc2nc1c(CC=C)c1c(CC=C)c(CC=C)c(c(CC=C)c3nc(c(CC=C)c4ccc([nH]4)c2CC=C)C=C3)n1CC=C. The Balaban J connectivity index is 2.22. The molecule has 0 amide bonds. The second kappa shape index (κ2) is 15.4. The molecule has 0 spiro atoms. The fourth-order valence-corrected chi connectivity index (χ4v) is 6.99. The van der Waals surface area contributed by atoms with Gasteiger partial charge in [0.25, 0.3) is 0 Å². The molecule has 0 saturated heterocycles. The highest BCUT2D eigenvalue weighted by atomic mass is 15.0. The summed E-state index contributed by atoms with van der Waals surface area (Å²) < 4.78 is 2.40. The third-order valence-electron chi connectivity index (χ3n) is 8.85. The first-order valence-electron chi connectivity index (χ1n) is 16.6. The van der Waals surface area contributed by atoms with Crippen molar-refractivity contribution in [2.24, 2.45) is 0 Å². The number of aromatic nitrogens is 4. The standard InChI is InChI=1S/C44H46N4/c1-9-17-30-29-41-34(21-13-5)39-25-24-37(45-39)33(20-12-4)38-26-27-40(46-38)35(22-14-6)43-31(18-10-2)32(19-11-3)44(48(43)28-16-8)36(23-15-7)42(30)47-41/h9-16,24-27,29,45H,1-8,17-23,28H2. The van der Waals surface area contributed by atoms with Crippen LogP contribution in [0, 0.1) is 0 Å².